The van der Waals surface area contributed by atoms with Crippen LogP contribution in [0.25, 0.3) is 49.7 Å². The summed E-state index contributed by atoms with van der Waals surface area (Å²) in [6.07, 6.45) is 6.82. The molecule has 346 valence electrons. The molecular weight excluding hydrogens is 893 g/mol. The van der Waals surface area contributed by atoms with Crippen LogP contribution in [0.4, 0.5) is 34.1 Å². The van der Waals surface area contributed by atoms with Gasteiger partial charge in [0.2, 0.25) is 0 Å². The van der Waals surface area contributed by atoms with Crippen molar-refractivity contribution in [3.05, 3.63) is 317 Å². The Hall–Kier alpha value is -9.24. The lowest BCUT2D eigenvalue weighted by Gasteiger charge is -2.45. The molecule has 0 bridgehead atoms. The smallest absolute Gasteiger partial charge is 0.0726 e. The minimum atomic E-state index is -0.615. The van der Waals surface area contributed by atoms with Gasteiger partial charge < -0.3 is 9.80 Å². The number of anilines is 6. The van der Waals surface area contributed by atoms with E-state index in [9.17, 15) is 0 Å². The first-order valence-electron chi connectivity index (χ1n) is 26.1. The summed E-state index contributed by atoms with van der Waals surface area (Å²) >= 11 is 0. The van der Waals surface area contributed by atoms with Crippen molar-refractivity contribution in [1.82, 2.24) is 0 Å². The Morgan fingerprint density at radius 2 is 0.635 bits per heavy atom. The zero-order chi connectivity index (χ0) is 48.5. The van der Waals surface area contributed by atoms with Gasteiger partial charge in [-0.25, -0.2) is 0 Å². The average Bonchev–Trinajstić information content (AvgIpc) is 3.98. The number of para-hydroxylation sites is 4. The minimum absolute atomic E-state index is 0.542. The number of hydrogen-bond donors (Lipinski definition) is 0. The fourth-order valence-electron chi connectivity index (χ4n) is 14.4. The van der Waals surface area contributed by atoms with Crippen LogP contribution in [0.15, 0.2) is 273 Å². The maximum absolute atomic E-state index is 2.58. The average molecular weight is 941 g/mol. The maximum Gasteiger partial charge on any atom is 0.0726 e. The van der Waals surface area contributed by atoms with Gasteiger partial charge in [0, 0.05) is 34.1 Å². The van der Waals surface area contributed by atoms with Gasteiger partial charge in [-0.2, -0.15) is 0 Å². The normalized spacial score (nSPS) is 16.3. The Labute approximate surface area is 432 Å². The standard InChI is InChI=1S/C72H48N2/c1-5-21-47(22-6-1)73(48-23-7-2-8-24-48)51-37-39-57-59-41-42-60-58-40-38-52(74(49-25-9-3-10-26-49)50-27-11-4-12-28-50)46-68(58)72(63-35-19-15-31-55(63)56-32-16-20-36-64(56)72)66-44-43-65(69(59)70(60)66)71(67(57)45-51)61-33-17-13-29-53(61)54-30-14-18-34-62(54)71/h1-19,21-35,37-46H,20,36H2. The van der Waals surface area contributed by atoms with Crippen LogP contribution in [-0.4, -0.2) is 0 Å². The number of fused-ring (bicyclic) bond motifs is 17. The van der Waals surface area contributed by atoms with E-state index in [-0.39, 0.29) is 0 Å². The highest BCUT2D eigenvalue weighted by atomic mass is 15.1. The van der Waals surface area contributed by atoms with E-state index in [1.165, 1.54) is 99.8 Å². The lowest BCUT2D eigenvalue weighted by molar-refractivity contribution is 0.698. The summed E-state index contributed by atoms with van der Waals surface area (Å²) in [5.41, 5.74) is 27.1. The third kappa shape index (κ3) is 5.39. The van der Waals surface area contributed by atoms with Crippen LogP contribution in [0.1, 0.15) is 57.3 Å². The van der Waals surface area contributed by atoms with E-state index in [1.54, 1.807) is 0 Å². The molecule has 2 nitrogen and oxygen atoms in total. The van der Waals surface area contributed by atoms with Crippen LogP contribution in [0.5, 0.6) is 0 Å². The number of allylic oxidation sites excluding steroid dienone is 4. The molecular formula is C72H48N2. The summed E-state index contributed by atoms with van der Waals surface area (Å²) in [4.78, 5) is 4.85. The van der Waals surface area contributed by atoms with E-state index < -0.39 is 10.8 Å². The van der Waals surface area contributed by atoms with Gasteiger partial charge in [0.1, 0.15) is 0 Å². The highest BCUT2D eigenvalue weighted by Gasteiger charge is 2.55. The second kappa shape index (κ2) is 15.6. The highest BCUT2D eigenvalue weighted by Crippen LogP contribution is 2.68. The lowest BCUT2D eigenvalue weighted by Crippen LogP contribution is -2.36. The summed E-state index contributed by atoms with van der Waals surface area (Å²) in [5, 5.41) is 2.73. The number of rotatable bonds is 6. The molecule has 74 heavy (non-hydrogen) atoms. The van der Waals surface area contributed by atoms with E-state index in [2.05, 4.69) is 277 Å². The van der Waals surface area contributed by atoms with Crippen LogP contribution in [0.3, 0.4) is 0 Å². The van der Waals surface area contributed by atoms with E-state index in [0.717, 1.165) is 47.0 Å². The Morgan fingerprint density at radius 1 is 0.270 bits per heavy atom. The zero-order valence-electron chi connectivity index (χ0n) is 40.7. The first-order valence-corrected chi connectivity index (χ1v) is 26.1. The second-order valence-corrected chi connectivity index (χ2v) is 20.5. The Kier molecular flexibility index (Phi) is 8.74. The van der Waals surface area contributed by atoms with Crippen molar-refractivity contribution in [1.29, 1.82) is 0 Å². The fourth-order valence-corrected chi connectivity index (χ4v) is 14.4. The molecule has 2 heteroatoms. The van der Waals surface area contributed by atoms with Crippen molar-refractivity contribution in [2.24, 2.45) is 0 Å². The molecule has 0 aliphatic heterocycles. The molecule has 0 amide bonds. The minimum Gasteiger partial charge on any atom is -0.310 e. The molecule has 0 heterocycles. The monoisotopic (exact) mass is 940 g/mol. The van der Waals surface area contributed by atoms with Crippen molar-refractivity contribution in [2.75, 3.05) is 9.80 Å². The fraction of sp³-hybridized carbons (Fsp3) is 0.0556. The van der Waals surface area contributed by atoms with Gasteiger partial charge in [0.05, 0.1) is 10.8 Å². The van der Waals surface area contributed by atoms with Crippen LogP contribution < -0.4 is 9.80 Å². The summed E-state index contributed by atoms with van der Waals surface area (Å²) < 4.78 is 0. The SMILES string of the molecule is C1=CC2=C(CC1)C1(c3ccccc32)c2cc(N(c3ccccc3)c3ccccc3)ccc2-c2ccc3c4c(ccc1c24)C1(c2ccccc2-c2ccccc21)c1cc(N(c2ccccc2)c2ccccc2)ccc1-3. The zero-order valence-corrected chi connectivity index (χ0v) is 40.7. The summed E-state index contributed by atoms with van der Waals surface area (Å²) in [7, 11) is 0. The summed E-state index contributed by atoms with van der Waals surface area (Å²) in [5.74, 6) is 0. The van der Waals surface area contributed by atoms with E-state index in [0.29, 0.717) is 0 Å². The Balaban J connectivity index is 1.04. The molecule has 0 N–H and O–H groups in total. The van der Waals surface area contributed by atoms with Crippen molar-refractivity contribution >= 4 is 50.5 Å². The summed E-state index contributed by atoms with van der Waals surface area (Å²) in [6, 6.07) is 96.0. The van der Waals surface area contributed by atoms with E-state index in [1.807, 2.05) is 0 Å². The molecule has 0 aromatic heterocycles. The van der Waals surface area contributed by atoms with E-state index in [4.69, 9.17) is 0 Å². The van der Waals surface area contributed by atoms with Crippen LogP contribution in [-0.2, 0) is 10.8 Å². The van der Waals surface area contributed by atoms with Gasteiger partial charge in [-0.15, -0.1) is 0 Å². The summed E-state index contributed by atoms with van der Waals surface area (Å²) in [6.45, 7) is 0. The predicted molar refractivity (Wildman–Crippen MR) is 307 cm³/mol. The van der Waals surface area contributed by atoms with Gasteiger partial charge in [-0.05, 0) is 185 Å². The lowest BCUT2D eigenvalue weighted by atomic mass is 9.56. The maximum atomic E-state index is 2.58. The number of benzene rings is 11. The molecule has 0 saturated heterocycles. The van der Waals surface area contributed by atoms with Crippen molar-refractivity contribution in [3.63, 3.8) is 0 Å². The van der Waals surface area contributed by atoms with Gasteiger partial charge in [0.15, 0.2) is 0 Å². The molecule has 1 atom stereocenters. The first kappa shape index (κ1) is 41.4. The quantitative estimate of drug-likeness (QED) is 0.164. The topological polar surface area (TPSA) is 6.48 Å². The van der Waals surface area contributed by atoms with Crippen molar-refractivity contribution in [2.45, 2.75) is 23.7 Å². The first-order chi connectivity index (χ1) is 36.7. The molecule has 5 aliphatic rings. The third-order valence-electron chi connectivity index (χ3n) is 17.1. The molecule has 16 rings (SSSR count). The molecule has 2 spiro atoms. The molecule has 11 aromatic carbocycles. The number of nitrogens with zero attached hydrogens (tertiary/aromatic N) is 2. The molecule has 0 radical (unpaired) electrons. The molecule has 0 saturated carbocycles. The van der Waals surface area contributed by atoms with Gasteiger partial charge in [-0.3, -0.25) is 0 Å². The highest BCUT2D eigenvalue weighted by molar-refractivity contribution is 6.16. The molecule has 1 unspecified atom stereocenters. The largest absolute Gasteiger partial charge is 0.310 e. The molecule has 5 aliphatic carbocycles. The Morgan fingerprint density at radius 3 is 1.11 bits per heavy atom. The molecule has 11 aromatic rings. The van der Waals surface area contributed by atoms with Crippen molar-refractivity contribution in [3.8, 4) is 33.4 Å². The van der Waals surface area contributed by atoms with E-state index >= 15 is 0 Å². The predicted octanol–water partition coefficient (Wildman–Crippen LogP) is 18.6. The van der Waals surface area contributed by atoms with Crippen LogP contribution in [0, 0.1) is 0 Å². The Bertz CT molecular complexity index is 4060. The second-order valence-electron chi connectivity index (χ2n) is 20.5. The van der Waals surface area contributed by atoms with Crippen LogP contribution in [0.2, 0.25) is 0 Å². The number of hydrogen-bond acceptors (Lipinski definition) is 2. The van der Waals surface area contributed by atoms with Crippen molar-refractivity contribution < 1.29 is 0 Å². The van der Waals surface area contributed by atoms with Gasteiger partial charge in [0.25, 0.3) is 0 Å². The van der Waals surface area contributed by atoms with Gasteiger partial charge in [-0.1, -0.05) is 194 Å². The van der Waals surface area contributed by atoms with Gasteiger partial charge >= 0.3 is 0 Å². The third-order valence-corrected chi connectivity index (χ3v) is 17.1. The molecule has 0 fully saturated rings. The van der Waals surface area contributed by atoms with Crippen LogP contribution >= 0.6 is 0 Å².